The van der Waals surface area contributed by atoms with Gasteiger partial charge in [-0.2, -0.15) is 5.10 Å². The molecule has 0 unspecified atom stereocenters. The summed E-state index contributed by atoms with van der Waals surface area (Å²) in [6.07, 6.45) is 6.97. The maximum Gasteiger partial charge on any atom is 0.243 e. The molecule has 0 saturated carbocycles. The Morgan fingerprint density at radius 2 is 2.00 bits per heavy atom. The molecule has 5 rings (SSSR count). The molecule has 2 amide bonds. The molecule has 0 radical (unpaired) electrons. The number of rotatable bonds is 2. The summed E-state index contributed by atoms with van der Waals surface area (Å²) < 4.78 is 15.6. The minimum Gasteiger partial charge on any atom is -0.310 e. The number of aromatic nitrogens is 2. The Morgan fingerprint density at radius 3 is 2.77 bits per heavy atom. The predicted octanol–water partition coefficient (Wildman–Crippen LogP) is 2.93. The average molecular weight is 400 g/mol. The molecule has 0 fully saturated rings. The van der Waals surface area contributed by atoms with E-state index >= 15 is 0 Å². The van der Waals surface area contributed by atoms with Crippen molar-refractivity contribution in [3.05, 3.63) is 71.2 Å². The van der Waals surface area contributed by atoms with Crippen molar-refractivity contribution in [1.29, 1.82) is 0 Å². The molecule has 1 N–H and O–H groups in total. The van der Waals surface area contributed by atoms with Crippen LogP contribution < -0.4 is 10.2 Å². The summed E-state index contributed by atoms with van der Waals surface area (Å²) >= 11 is 0. The number of carbonyl (C=O) groups is 2. The number of nitrogens with zero attached hydrogens (tertiary/aromatic N) is 3. The highest BCUT2D eigenvalue weighted by molar-refractivity contribution is 6.16. The first-order valence-electron chi connectivity index (χ1n) is 9.47. The van der Waals surface area contributed by atoms with Crippen molar-refractivity contribution in [3.63, 3.8) is 0 Å². The highest BCUT2D eigenvalue weighted by Gasteiger charge is 2.57. The molecule has 3 aromatic rings. The van der Waals surface area contributed by atoms with Crippen LogP contribution in [0.2, 0.25) is 0 Å². The van der Waals surface area contributed by atoms with E-state index in [1.807, 2.05) is 31.2 Å². The van der Waals surface area contributed by atoms with Gasteiger partial charge in [0.05, 0.1) is 24.1 Å². The van der Waals surface area contributed by atoms with Crippen LogP contribution in [0.5, 0.6) is 0 Å². The first-order valence-corrected chi connectivity index (χ1v) is 9.47. The number of hydrogen-bond donors (Lipinski definition) is 1. The third-order valence-corrected chi connectivity index (χ3v) is 5.83. The number of aryl methyl sites for hydroxylation is 1. The van der Waals surface area contributed by atoms with Gasteiger partial charge < -0.3 is 5.32 Å². The summed E-state index contributed by atoms with van der Waals surface area (Å²) in [4.78, 5) is 27.8. The molecule has 148 valence electrons. The van der Waals surface area contributed by atoms with Gasteiger partial charge in [-0.05, 0) is 36.2 Å². The van der Waals surface area contributed by atoms with Crippen molar-refractivity contribution in [3.8, 4) is 18.0 Å². The lowest BCUT2D eigenvalue weighted by atomic mass is 9.72. The van der Waals surface area contributed by atoms with E-state index in [2.05, 4.69) is 16.3 Å². The topological polar surface area (TPSA) is 67.2 Å². The van der Waals surface area contributed by atoms with Crippen LogP contribution in [-0.4, -0.2) is 28.1 Å². The smallest absolute Gasteiger partial charge is 0.243 e. The number of benzene rings is 2. The maximum absolute atomic E-state index is 14.0. The van der Waals surface area contributed by atoms with E-state index in [0.29, 0.717) is 22.6 Å². The fourth-order valence-corrected chi connectivity index (χ4v) is 4.50. The summed E-state index contributed by atoms with van der Waals surface area (Å²) in [5.74, 6) is 1.76. The van der Waals surface area contributed by atoms with Crippen LogP contribution in [0.1, 0.15) is 23.1 Å². The Balaban J connectivity index is 1.79. The molecule has 30 heavy (non-hydrogen) atoms. The van der Waals surface area contributed by atoms with Crippen LogP contribution in [0.3, 0.4) is 0 Å². The van der Waals surface area contributed by atoms with Crippen LogP contribution in [0.4, 0.5) is 15.9 Å². The minimum absolute atomic E-state index is 0.0140. The zero-order valence-electron chi connectivity index (χ0n) is 16.1. The van der Waals surface area contributed by atoms with Gasteiger partial charge in [0.25, 0.3) is 0 Å². The molecule has 7 heteroatoms. The van der Waals surface area contributed by atoms with E-state index in [4.69, 9.17) is 6.42 Å². The lowest BCUT2D eigenvalue weighted by molar-refractivity contribution is -0.126. The van der Waals surface area contributed by atoms with E-state index in [0.717, 1.165) is 11.3 Å². The summed E-state index contributed by atoms with van der Waals surface area (Å²) in [6.45, 7) is 1.93. The summed E-state index contributed by atoms with van der Waals surface area (Å²) in [6, 6.07) is 11.8. The number of para-hydroxylation sites is 1. The number of fused-ring (bicyclic) bond motifs is 4. The Morgan fingerprint density at radius 1 is 1.20 bits per heavy atom. The third kappa shape index (κ3) is 2.28. The average Bonchev–Trinajstić information content (AvgIpc) is 3.23. The van der Waals surface area contributed by atoms with E-state index in [-0.39, 0.29) is 24.8 Å². The van der Waals surface area contributed by atoms with Crippen LogP contribution in [-0.2, 0) is 15.0 Å². The number of carbonyl (C=O) groups excluding carboxylic acids is 2. The van der Waals surface area contributed by atoms with Gasteiger partial charge in [-0.3, -0.25) is 14.5 Å². The number of nitrogens with one attached hydrogen (secondary N) is 1. The van der Waals surface area contributed by atoms with Crippen molar-refractivity contribution < 1.29 is 14.0 Å². The van der Waals surface area contributed by atoms with Gasteiger partial charge in [-0.15, -0.1) is 6.42 Å². The predicted molar refractivity (Wildman–Crippen MR) is 110 cm³/mol. The van der Waals surface area contributed by atoms with Gasteiger partial charge in [0.15, 0.2) is 0 Å². The number of halogens is 1. The quantitative estimate of drug-likeness (QED) is 0.673. The molecule has 2 aromatic carbocycles. The molecule has 2 aliphatic heterocycles. The highest BCUT2D eigenvalue weighted by Crippen LogP contribution is 2.52. The normalized spacial score (nSPS) is 19.4. The SMILES string of the molecule is C#CCN1C(=O)[C@@]2(CC(=O)Nc3c2cnn3-c2ccccc2C)c2ccc(F)cc21. The first kappa shape index (κ1) is 18.1. The molecule has 3 heterocycles. The Hall–Kier alpha value is -3.92. The highest BCUT2D eigenvalue weighted by atomic mass is 19.1. The van der Waals surface area contributed by atoms with Gasteiger partial charge in [-0.1, -0.05) is 30.2 Å². The molecule has 2 aliphatic rings. The fraction of sp³-hybridized carbons (Fsp3) is 0.174. The van der Waals surface area contributed by atoms with Crippen molar-refractivity contribution >= 4 is 23.3 Å². The monoisotopic (exact) mass is 400 g/mol. The van der Waals surface area contributed by atoms with Crippen molar-refractivity contribution in [2.24, 2.45) is 0 Å². The number of hydrogen-bond acceptors (Lipinski definition) is 3. The van der Waals surface area contributed by atoms with Crippen LogP contribution in [0, 0.1) is 25.1 Å². The van der Waals surface area contributed by atoms with Gasteiger partial charge in [0.2, 0.25) is 11.8 Å². The van der Waals surface area contributed by atoms with E-state index < -0.39 is 11.2 Å². The standard InChI is InChI=1S/C23H17FN4O2/c1-3-10-27-19-11-15(24)8-9-16(19)23(22(27)30)12-20(29)26-21-17(23)13-25-28(21)18-7-5-4-6-14(18)2/h1,4-9,11,13H,10,12H2,2H3,(H,26,29)/t23-/m0/s1. The zero-order chi connectivity index (χ0) is 21.0. The van der Waals surface area contributed by atoms with Gasteiger partial charge in [0, 0.05) is 12.0 Å². The van der Waals surface area contributed by atoms with Crippen LogP contribution in [0.15, 0.2) is 48.7 Å². The molecule has 0 aliphatic carbocycles. The fourth-order valence-electron chi connectivity index (χ4n) is 4.50. The lowest BCUT2D eigenvalue weighted by Crippen LogP contribution is -2.46. The van der Waals surface area contributed by atoms with E-state index in [1.165, 1.54) is 17.0 Å². The molecular weight excluding hydrogens is 383 g/mol. The van der Waals surface area contributed by atoms with E-state index in [9.17, 15) is 14.0 Å². The maximum atomic E-state index is 14.0. The number of anilines is 2. The second-order valence-corrected chi connectivity index (χ2v) is 7.49. The summed E-state index contributed by atoms with van der Waals surface area (Å²) in [7, 11) is 0. The summed E-state index contributed by atoms with van der Waals surface area (Å²) in [5.41, 5.74) is 1.99. The van der Waals surface area contributed by atoms with Crippen LogP contribution >= 0.6 is 0 Å². The molecule has 6 nitrogen and oxygen atoms in total. The molecule has 1 spiro atoms. The second kappa shape index (κ2) is 6.29. The van der Waals surface area contributed by atoms with Gasteiger partial charge in [-0.25, -0.2) is 9.07 Å². The molecule has 0 bridgehead atoms. The minimum atomic E-state index is -1.29. The molecule has 0 saturated heterocycles. The number of terminal acetylenes is 1. The van der Waals surface area contributed by atoms with Crippen LogP contribution in [0.25, 0.3) is 5.69 Å². The lowest BCUT2D eigenvalue weighted by Gasteiger charge is -2.32. The molecule has 1 atom stereocenters. The zero-order valence-corrected chi connectivity index (χ0v) is 16.1. The third-order valence-electron chi connectivity index (χ3n) is 5.83. The van der Waals surface area contributed by atoms with Gasteiger partial charge in [0.1, 0.15) is 17.1 Å². The van der Waals surface area contributed by atoms with E-state index in [1.54, 1.807) is 16.9 Å². The van der Waals surface area contributed by atoms with Crippen molar-refractivity contribution in [2.45, 2.75) is 18.8 Å². The molecule has 1 aromatic heterocycles. The largest absolute Gasteiger partial charge is 0.310 e. The second-order valence-electron chi connectivity index (χ2n) is 7.49. The Labute approximate surface area is 172 Å². The summed E-state index contributed by atoms with van der Waals surface area (Å²) in [5, 5.41) is 7.37. The van der Waals surface area contributed by atoms with Crippen molar-refractivity contribution in [1.82, 2.24) is 9.78 Å². The molecular formula is C23H17FN4O2. The number of amides is 2. The van der Waals surface area contributed by atoms with Crippen molar-refractivity contribution in [2.75, 3.05) is 16.8 Å². The Kier molecular flexibility index (Phi) is 3.80. The first-order chi connectivity index (χ1) is 14.5. The van der Waals surface area contributed by atoms with Gasteiger partial charge >= 0.3 is 0 Å². The Bertz CT molecular complexity index is 1270.